The molecule has 0 bridgehead atoms. The zero-order valence-corrected chi connectivity index (χ0v) is 9.70. The first-order valence-electron chi connectivity index (χ1n) is 5.03. The lowest BCUT2D eigenvalue weighted by atomic mass is 9.87. The Hall–Kier alpha value is -0.900. The molecule has 0 saturated carbocycles. The van der Waals surface area contributed by atoms with Crippen LogP contribution in [0.2, 0.25) is 0 Å². The Balaban J connectivity index is 3.07. The van der Waals surface area contributed by atoms with Crippen molar-refractivity contribution in [3.8, 4) is 0 Å². The number of aryl methyl sites for hydroxylation is 1. The average molecular weight is 196 g/mol. The minimum atomic E-state index is -0.0661. The molecule has 0 aliphatic rings. The van der Waals surface area contributed by atoms with Gasteiger partial charge in [0.25, 0.3) is 0 Å². The molecule has 0 spiro atoms. The predicted molar refractivity (Wildman–Crippen MR) is 56.8 cm³/mol. The van der Waals surface area contributed by atoms with Gasteiger partial charge >= 0.3 is 0 Å². The summed E-state index contributed by atoms with van der Waals surface area (Å²) in [6.45, 7) is 11.2. The molecule has 0 aliphatic carbocycles. The van der Waals surface area contributed by atoms with E-state index in [2.05, 4.69) is 42.5 Å². The van der Waals surface area contributed by atoms with Crippen molar-refractivity contribution < 1.29 is 0 Å². The molecule has 1 atom stereocenters. The molecule has 1 rings (SSSR count). The lowest BCUT2D eigenvalue weighted by molar-refractivity contribution is 0.307. The summed E-state index contributed by atoms with van der Waals surface area (Å²) in [7, 11) is 0. The maximum Gasteiger partial charge on any atom is 0.150 e. The molecule has 0 radical (unpaired) electrons. The SMILES string of the molecule is CCn1c(C)nnc1[C@H](N)C(C)(C)C. The minimum absolute atomic E-state index is 0.0202. The Labute approximate surface area is 85.5 Å². The van der Waals surface area contributed by atoms with Crippen LogP contribution in [-0.4, -0.2) is 14.8 Å². The van der Waals surface area contributed by atoms with Gasteiger partial charge in [0, 0.05) is 6.54 Å². The van der Waals surface area contributed by atoms with Crippen molar-refractivity contribution in [2.24, 2.45) is 11.1 Å². The summed E-state index contributed by atoms with van der Waals surface area (Å²) in [5.41, 5.74) is 6.16. The molecular weight excluding hydrogens is 176 g/mol. The molecule has 1 aromatic rings. The molecule has 0 amide bonds. The predicted octanol–water partition coefficient (Wildman–Crippen LogP) is 1.65. The van der Waals surface area contributed by atoms with Gasteiger partial charge in [-0.15, -0.1) is 10.2 Å². The molecule has 2 N–H and O–H groups in total. The number of nitrogens with two attached hydrogens (primary N) is 1. The standard InChI is InChI=1S/C10H20N4/c1-6-14-7(2)12-13-9(14)8(11)10(3,4)5/h8H,6,11H2,1-5H3/t8-/m0/s1. The van der Waals surface area contributed by atoms with Crippen LogP contribution in [0.5, 0.6) is 0 Å². The number of nitrogens with zero attached hydrogens (tertiary/aromatic N) is 3. The smallest absolute Gasteiger partial charge is 0.150 e. The first kappa shape index (κ1) is 11.2. The van der Waals surface area contributed by atoms with E-state index < -0.39 is 0 Å². The topological polar surface area (TPSA) is 56.7 Å². The highest BCUT2D eigenvalue weighted by atomic mass is 15.3. The van der Waals surface area contributed by atoms with Crippen LogP contribution in [0.4, 0.5) is 0 Å². The Kier molecular flexibility index (Phi) is 2.95. The van der Waals surface area contributed by atoms with Crippen LogP contribution in [0.15, 0.2) is 0 Å². The van der Waals surface area contributed by atoms with E-state index in [0.717, 1.165) is 18.2 Å². The largest absolute Gasteiger partial charge is 0.321 e. The van der Waals surface area contributed by atoms with Crippen molar-refractivity contribution in [2.45, 2.75) is 47.2 Å². The summed E-state index contributed by atoms with van der Waals surface area (Å²) in [5, 5.41) is 8.20. The molecule has 0 saturated heterocycles. The van der Waals surface area contributed by atoms with Crippen molar-refractivity contribution in [3.05, 3.63) is 11.6 Å². The van der Waals surface area contributed by atoms with Crippen molar-refractivity contribution in [2.75, 3.05) is 0 Å². The molecular formula is C10H20N4. The second kappa shape index (κ2) is 3.69. The first-order chi connectivity index (χ1) is 6.38. The summed E-state index contributed by atoms with van der Waals surface area (Å²) in [6, 6.07) is -0.0661. The number of aromatic nitrogens is 3. The van der Waals surface area contributed by atoms with Gasteiger partial charge in [0.05, 0.1) is 6.04 Å². The van der Waals surface area contributed by atoms with Crippen molar-refractivity contribution in [1.29, 1.82) is 0 Å². The fourth-order valence-corrected chi connectivity index (χ4v) is 1.41. The quantitative estimate of drug-likeness (QED) is 0.782. The van der Waals surface area contributed by atoms with E-state index in [1.54, 1.807) is 0 Å². The van der Waals surface area contributed by atoms with Gasteiger partial charge in [-0.05, 0) is 19.3 Å². The van der Waals surface area contributed by atoms with Crippen LogP contribution in [0.25, 0.3) is 0 Å². The van der Waals surface area contributed by atoms with E-state index in [0.29, 0.717) is 0 Å². The molecule has 0 unspecified atom stereocenters. The van der Waals surface area contributed by atoms with Crippen molar-refractivity contribution >= 4 is 0 Å². The maximum absolute atomic E-state index is 6.14. The van der Waals surface area contributed by atoms with Gasteiger partial charge in [-0.3, -0.25) is 0 Å². The number of hydrogen-bond acceptors (Lipinski definition) is 3. The zero-order chi connectivity index (χ0) is 10.9. The van der Waals surface area contributed by atoms with Crippen molar-refractivity contribution in [3.63, 3.8) is 0 Å². The van der Waals surface area contributed by atoms with Gasteiger partial charge in [-0.25, -0.2) is 0 Å². The molecule has 80 valence electrons. The highest BCUT2D eigenvalue weighted by molar-refractivity contribution is 5.02. The Bertz CT molecular complexity index is 308. The fraction of sp³-hybridized carbons (Fsp3) is 0.800. The van der Waals surface area contributed by atoms with E-state index in [1.807, 2.05) is 6.92 Å². The van der Waals surface area contributed by atoms with Crippen molar-refractivity contribution in [1.82, 2.24) is 14.8 Å². The van der Waals surface area contributed by atoms with E-state index in [4.69, 9.17) is 5.73 Å². The lowest BCUT2D eigenvalue weighted by Gasteiger charge is -2.26. The van der Waals surface area contributed by atoms with E-state index in [-0.39, 0.29) is 11.5 Å². The van der Waals surface area contributed by atoms with Gasteiger partial charge in [0.15, 0.2) is 5.82 Å². The summed E-state index contributed by atoms with van der Waals surface area (Å²) in [4.78, 5) is 0. The maximum atomic E-state index is 6.14. The minimum Gasteiger partial charge on any atom is -0.321 e. The molecule has 1 aromatic heterocycles. The molecule has 14 heavy (non-hydrogen) atoms. The summed E-state index contributed by atoms with van der Waals surface area (Å²) in [5.74, 6) is 1.82. The van der Waals surface area contributed by atoms with E-state index >= 15 is 0 Å². The molecule has 4 nitrogen and oxygen atoms in total. The Morgan fingerprint density at radius 1 is 1.36 bits per heavy atom. The van der Waals surface area contributed by atoms with Gasteiger partial charge in [0.2, 0.25) is 0 Å². The van der Waals surface area contributed by atoms with Gasteiger partial charge in [0.1, 0.15) is 5.82 Å². The van der Waals surface area contributed by atoms with Crippen LogP contribution in [0.3, 0.4) is 0 Å². The second-order valence-electron chi connectivity index (χ2n) is 4.69. The Morgan fingerprint density at radius 2 is 1.93 bits per heavy atom. The van der Waals surface area contributed by atoms with E-state index in [9.17, 15) is 0 Å². The molecule has 4 heteroatoms. The summed E-state index contributed by atoms with van der Waals surface area (Å²) >= 11 is 0. The summed E-state index contributed by atoms with van der Waals surface area (Å²) in [6.07, 6.45) is 0. The normalized spacial score (nSPS) is 14.4. The number of rotatable bonds is 2. The third-order valence-corrected chi connectivity index (χ3v) is 2.49. The molecule has 1 heterocycles. The molecule has 0 fully saturated rings. The second-order valence-corrected chi connectivity index (χ2v) is 4.69. The van der Waals surface area contributed by atoms with E-state index in [1.165, 1.54) is 0 Å². The van der Waals surface area contributed by atoms with Gasteiger partial charge in [-0.1, -0.05) is 20.8 Å². The van der Waals surface area contributed by atoms with Gasteiger partial charge < -0.3 is 10.3 Å². The lowest BCUT2D eigenvalue weighted by Crippen LogP contribution is -2.29. The van der Waals surface area contributed by atoms with Crippen LogP contribution >= 0.6 is 0 Å². The molecule has 0 aromatic carbocycles. The highest BCUT2D eigenvalue weighted by Gasteiger charge is 2.27. The zero-order valence-electron chi connectivity index (χ0n) is 9.70. The van der Waals surface area contributed by atoms with Crippen LogP contribution in [0.1, 0.15) is 45.4 Å². The van der Waals surface area contributed by atoms with Crippen LogP contribution in [0, 0.1) is 12.3 Å². The third-order valence-electron chi connectivity index (χ3n) is 2.49. The highest BCUT2D eigenvalue weighted by Crippen LogP contribution is 2.29. The summed E-state index contributed by atoms with van der Waals surface area (Å²) < 4.78 is 2.07. The third kappa shape index (κ3) is 1.95. The van der Waals surface area contributed by atoms with Gasteiger partial charge in [-0.2, -0.15) is 0 Å². The average Bonchev–Trinajstić information content (AvgIpc) is 2.43. The Morgan fingerprint density at radius 3 is 2.36 bits per heavy atom. The number of hydrogen-bond donors (Lipinski definition) is 1. The van der Waals surface area contributed by atoms with Crippen LogP contribution < -0.4 is 5.73 Å². The monoisotopic (exact) mass is 196 g/mol. The molecule has 0 aliphatic heterocycles. The first-order valence-corrected chi connectivity index (χ1v) is 5.03. The van der Waals surface area contributed by atoms with Crippen LogP contribution in [-0.2, 0) is 6.54 Å². The fourth-order valence-electron chi connectivity index (χ4n) is 1.41.